The van der Waals surface area contributed by atoms with Gasteiger partial charge in [0.1, 0.15) is 11.2 Å². The van der Waals surface area contributed by atoms with E-state index in [9.17, 15) is 4.79 Å². The monoisotopic (exact) mass is 339 g/mol. The summed E-state index contributed by atoms with van der Waals surface area (Å²) < 4.78 is 2.30. The zero-order chi connectivity index (χ0) is 17.4. The molecule has 6 nitrogen and oxygen atoms in total. The maximum absolute atomic E-state index is 12.0. The summed E-state index contributed by atoms with van der Waals surface area (Å²) in [6.07, 6.45) is 10.5. The van der Waals surface area contributed by atoms with Gasteiger partial charge in [0.25, 0.3) is 0 Å². The second-order valence-corrected chi connectivity index (χ2v) is 7.55. The number of fused-ring (bicyclic) bond motifs is 3. The summed E-state index contributed by atoms with van der Waals surface area (Å²) in [4.78, 5) is 24.1. The van der Waals surface area contributed by atoms with Gasteiger partial charge in [0, 0.05) is 30.1 Å². The van der Waals surface area contributed by atoms with Crippen LogP contribution in [0.1, 0.15) is 52.0 Å². The molecule has 0 saturated heterocycles. The highest BCUT2D eigenvalue weighted by Crippen LogP contribution is 2.33. The number of aromatic amines is 1. The predicted molar refractivity (Wildman–Crippen MR) is 98.3 cm³/mol. The molecule has 0 aliphatic heterocycles. The maximum atomic E-state index is 12.0. The van der Waals surface area contributed by atoms with Crippen LogP contribution in [-0.2, 0) is 4.79 Å². The minimum absolute atomic E-state index is 0.187. The van der Waals surface area contributed by atoms with Crippen molar-refractivity contribution in [1.29, 1.82) is 0 Å². The van der Waals surface area contributed by atoms with Crippen molar-refractivity contribution in [2.24, 2.45) is 5.92 Å². The smallest absolute Gasteiger partial charge is 0.220 e. The molecule has 3 heterocycles. The molecule has 3 aromatic heterocycles. The molecule has 0 aromatic carbocycles. The normalized spacial score (nSPS) is 21.2. The molecule has 1 saturated carbocycles. The van der Waals surface area contributed by atoms with Crippen molar-refractivity contribution in [1.82, 2.24) is 24.8 Å². The van der Waals surface area contributed by atoms with Gasteiger partial charge in [0.15, 0.2) is 0 Å². The van der Waals surface area contributed by atoms with Crippen LogP contribution in [0.2, 0.25) is 0 Å². The van der Waals surface area contributed by atoms with Crippen molar-refractivity contribution in [3.8, 4) is 0 Å². The molecule has 0 atom stereocenters. The molecule has 6 heteroatoms. The summed E-state index contributed by atoms with van der Waals surface area (Å²) >= 11 is 0. The summed E-state index contributed by atoms with van der Waals surface area (Å²) in [5.74, 6) is 0.595. The summed E-state index contributed by atoms with van der Waals surface area (Å²) in [5.41, 5.74) is 3.02. The fourth-order valence-corrected chi connectivity index (χ4v) is 3.96. The third-order valence-corrected chi connectivity index (χ3v) is 5.17. The van der Waals surface area contributed by atoms with Crippen LogP contribution >= 0.6 is 0 Å². The Hall–Kier alpha value is -2.37. The number of nitrogens with zero attached hydrogens (tertiary/aromatic N) is 3. The Morgan fingerprint density at radius 3 is 2.88 bits per heavy atom. The largest absolute Gasteiger partial charge is 0.353 e. The Morgan fingerprint density at radius 2 is 2.12 bits per heavy atom. The molecule has 4 rings (SSSR count). The highest BCUT2D eigenvalue weighted by molar-refractivity contribution is 6.00. The number of aromatic nitrogens is 4. The Morgan fingerprint density at radius 1 is 1.32 bits per heavy atom. The van der Waals surface area contributed by atoms with Crippen molar-refractivity contribution < 1.29 is 4.79 Å². The molecular formula is C19H25N5O. The SMILES string of the molecule is CC(C)CC(=O)NC1CCC(n2cnc3cnc4[nH]ccc4c32)CC1. The van der Waals surface area contributed by atoms with E-state index in [0.29, 0.717) is 24.4 Å². The third kappa shape index (κ3) is 3.13. The molecule has 3 aromatic rings. The van der Waals surface area contributed by atoms with E-state index >= 15 is 0 Å². The molecule has 1 fully saturated rings. The first-order valence-corrected chi connectivity index (χ1v) is 9.20. The van der Waals surface area contributed by atoms with Crippen molar-refractivity contribution in [2.45, 2.75) is 58.0 Å². The Labute approximate surface area is 147 Å². The van der Waals surface area contributed by atoms with Gasteiger partial charge in [0.05, 0.1) is 18.0 Å². The van der Waals surface area contributed by atoms with Gasteiger partial charge in [-0.2, -0.15) is 0 Å². The molecule has 132 valence electrons. The van der Waals surface area contributed by atoms with E-state index < -0.39 is 0 Å². The van der Waals surface area contributed by atoms with Gasteiger partial charge in [-0.25, -0.2) is 9.97 Å². The molecule has 1 amide bonds. The number of hydrogen-bond acceptors (Lipinski definition) is 3. The Kier molecular flexibility index (Phi) is 4.19. The zero-order valence-corrected chi connectivity index (χ0v) is 14.8. The standard InChI is InChI=1S/C19H25N5O/c1-12(2)9-17(25)23-13-3-5-14(6-4-13)24-11-22-16-10-21-19-15(18(16)24)7-8-20-19/h7-8,10-14H,3-6,9H2,1-2H3,(H,20,21)(H,23,25). The lowest BCUT2D eigenvalue weighted by Gasteiger charge is -2.30. The van der Waals surface area contributed by atoms with Crippen LogP contribution in [0.15, 0.2) is 24.8 Å². The second kappa shape index (κ2) is 6.50. The lowest BCUT2D eigenvalue weighted by Crippen LogP contribution is -2.38. The van der Waals surface area contributed by atoms with E-state index in [4.69, 9.17) is 0 Å². The van der Waals surface area contributed by atoms with Crippen molar-refractivity contribution in [3.05, 3.63) is 24.8 Å². The first-order chi connectivity index (χ1) is 12.1. The number of H-pyrrole nitrogens is 1. The molecule has 25 heavy (non-hydrogen) atoms. The predicted octanol–water partition coefficient (Wildman–Crippen LogP) is 3.56. The van der Waals surface area contributed by atoms with Crippen molar-refractivity contribution in [3.63, 3.8) is 0 Å². The Bertz CT molecular complexity index is 886. The van der Waals surface area contributed by atoms with E-state index in [0.717, 1.165) is 42.2 Å². The van der Waals surface area contributed by atoms with Gasteiger partial charge >= 0.3 is 0 Å². The summed E-state index contributed by atoms with van der Waals surface area (Å²) in [6.45, 7) is 4.16. The van der Waals surface area contributed by atoms with Crippen LogP contribution < -0.4 is 5.32 Å². The van der Waals surface area contributed by atoms with Gasteiger partial charge in [0.2, 0.25) is 5.91 Å². The maximum Gasteiger partial charge on any atom is 0.220 e. The average Bonchev–Trinajstić information content (AvgIpc) is 3.20. The van der Waals surface area contributed by atoms with Crippen LogP contribution in [0, 0.1) is 5.92 Å². The average molecular weight is 339 g/mol. The number of carbonyl (C=O) groups excluding carboxylic acids is 1. The molecule has 0 bridgehead atoms. The highest BCUT2D eigenvalue weighted by Gasteiger charge is 2.25. The number of imidazole rings is 1. The van der Waals surface area contributed by atoms with E-state index in [2.05, 4.69) is 44.7 Å². The topological polar surface area (TPSA) is 75.6 Å². The van der Waals surface area contributed by atoms with Crippen LogP contribution in [-0.4, -0.2) is 31.5 Å². The van der Waals surface area contributed by atoms with Crippen LogP contribution in [0.5, 0.6) is 0 Å². The molecule has 0 spiro atoms. The second-order valence-electron chi connectivity index (χ2n) is 7.55. The van der Waals surface area contributed by atoms with Crippen molar-refractivity contribution >= 4 is 28.0 Å². The highest BCUT2D eigenvalue weighted by atomic mass is 16.1. The molecule has 0 unspecified atom stereocenters. The van der Waals surface area contributed by atoms with Crippen molar-refractivity contribution in [2.75, 3.05) is 0 Å². The number of pyridine rings is 1. The molecule has 0 radical (unpaired) electrons. The molecule has 1 aliphatic carbocycles. The number of rotatable bonds is 4. The van der Waals surface area contributed by atoms with E-state index in [-0.39, 0.29) is 5.91 Å². The van der Waals surface area contributed by atoms with E-state index in [1.807, 2.05) is 18.7 Å². The summed E-state index contributed by atoms with van der Waals surface area (Å²) in [5, 5.41) is 4.33. The molecule has 2 N–H and O–H groups in total. The summed E-state index contributed by atoms with van der Waals surface area (Å²) in [7, 11) is 0. The summed E-state index contributed by atoms with van der Waals surface area (Å²) in [6, 6.07) is 2.82. The number of carbonyl (C=O) groups is 1. The number of hydrogen-bond donors (Lipinski definition) is 2. The number of nitrogens with one attached hydrogen (secondary N) is 2. The molecule has 1 aliphatic rings. The Balaban J connectivity index is 1.49. The van der Waals surface area contributed by atoms with Gasteiger partial charge in [-0.1, -0.05) is 13.8 Å². The van der Waals surface area contributed by atoms with Crippen LogP contribution in [0.3, 0.4) is 0 Å². The quantitative estimate of drug-likeness (QED) is 0.763. The van der Waals surface area contributed by atoms with Gasteiger partial charge in [-0.05, 0) is 37.7 Å². The molecular weight excluding hydrogens is 314 g/mol. The fraction of sp³-hybridized carbons (Fsp3) is 0.526. The first kappa shape index (κ1) is 16.1. The fourth-order valence-electron chi connectivity index (χ4n) is 3.96. The lowest BCUT2D eigenvalue weighted by molar-refractivity contribution is -0.122. The van der Waals surface area contributed by atoms with Crippen LogP contribution in [0.25, 0.3) is 22.1 Å². The third-order valence-electron chi connectivity index (χ3n) is 5.17. The van der Waals surface area contributed by atoms with E-state index in [1.54, 1.807) is 0 Å². The minimum Gasteiger partial charge on any atom is -0.353 e. The first-order valence-electron chi connectivity index (χ1n) is 9.20. The van der Waals surface area contributed by atoms with E-state index in [1.165, 1.54) is 5.52 Å². The zero-order valence-electron chi connectivity index (χ0n) is 14.8. The van der Waals surface area contributed by atoms with Gasteiger partial charge < -0.3 is 14.9 Å². The van der Waals surface area contributed by atoms with Gasteiger partial charge in [-0.15, -0.1) is 0 Å². The van der Waals surface area contributed by atoms with Gasteiger partial charge in [-0.3, -0.25) is 4.79 Å². The minimum atomic E-state index is 0.187. The van der Waals surface area contributed by atoms with Crippen LogP contribution in [0.4, 0.5) is 0 Å². The lowest BCUT2D eigenvalue weighted by atomic mass is 9.90. The number of amides is 1.